The molecule has 4 aromatic rings. The molecule has 0 fully saturated rings. The van der Waals surface area contributed by atoms with Crippen LogP contribution in [0.3, 0.4) is 0 Å². The topological polar surface area (TPSA) is 69.6 Å². The van der Waals surface area contributed by atoms with E-state index in [1.54, 1.807) is 12.1 Å². The molecule has 0 heterocycles. The van der Waals surface area contributed by atoms with E-state index in [2.05, 4.69) is 40.0 Å². The molecule has 0 saturated heterocycles. The molecule has 5 nitrogen and oxygen atoms in total. The van der Waals surface area contributed by atoms with Crippen molar-refractivity contribution in [1.82, 2.24) is 4.72 Å². The van der Waals surface area contributed by atoms with Gasteiger partial charge >= 0.3 is 0 Å². The fraction of sp³-hybridized carbons (Fsp3) is 0.226. The Morgan fingerprint density at radius 1 is 0.811 bits per heavy atom. The van der Waals surface area contributed by atoms with E-state index in [-0.39, 0.29) is 4.90 Å². The Morgan fingerprint density at radius 3 is 1.97 bits per heavy atom. The third-order valence-corrected chi connectivity index (χ3v) is 8.46. The second-order valence-electron chi connectivity index (χ2n) is 9.58. The molecule has 1 aliphatic carbocycles. The van der Waals surface area contributed by atoms with Gasteiger partial charge in [0.05, 0.1) is 17.0 Å². The van der Waals surface area contributed by atoms with Crippen LogP contribution >= 0.6 is 0 Å². The van der Waals surface area contributed by atoms with Gasteiger partial charge in [-0.25, -0.2) is 13.1 Å². The van der Waals surface area contributed by atoms with Gasteiger partial charge in [-0.1, -0.05) is 85.8 Å². The normalized spacial score (nSPS) is 16.9. The Balaban J connectivity index is 1.45. The summed E-state index contributed by atoms with van der Waals surface area (Å²) >= 11 is 0. The van der Waals surface area contributed by atoms with Crippen LogP contribution in [0.4, 0.5) is 5.69 Å². The summed E-state index contributed by atoms with van der Waals surface area (Å²) in [7, 11) is -3.80. The van der Waals surface area contributed by atoms with E-state index >= 15 is 0 Å². The number of anilines is 1. The van der Waals surface area contributed by atoms with Crippen LogP contribution in [0.2, 0.25) is 0 Å². The lowest BCUT2D eigenvalue weighted by Gasteiger charge is -2.27. The molecule has 0 bridgehead atoms. The van der Waals surface area contributed by atoms with Crippen LogP contribution < -0.4 is 9.62 Å². The van der Waals surface area contributed by atoms with Crippen LogP contribution in [0.25, 0.3) is 0 Å². The van der Waals surface area contributed by atoms with Gasteiger partial charge in [0.25, 0.3) is 0 Å². The number of aryl methyl sites for hydroxylation is 1. The van der Waals surface area contributed by atoms with Gasteiger partial charge in [0.1, 0.15) is 0 Å². The van der Waals surface area contributed by atoms with E-state index in [4.69, 9.17) is 0 Å². The Labute approximate surface area is 219 Å². The highest BCUT2D eigenvalue weighted by Gasteiger charge is 2.35. The van der Waals surface area contributed by atoms with Crippen molar-refractivity contribution >= 4 is 15.7 Å². The van der Waals surface area contributed by atoms with E-state index in [1.165, 1.54) is 11.1 Å². The van der Waals surface area contributed by atoms with Gasteiger partial charge in [-0.2, -0.15) is 0 Å². The highest BCUT2D eigenvalue weighted by atomic mass is 32.2. The molecule has 2 atom stereocenters. The zero-order chi connectivity index (χ0) is 25.8. The number of aliphatic hydroxyl groups excluding tert-OH is 1. The zero-order valence-electron chi connectivity index (χ0n) is 20.9. The van der Waals surface area contributed by atoms with Crippen molar-refractivity contribution in [3.05, 3.63) is 131 Å². The quantitative estimate of drug-likeness (QED) is 0.315. The van der Waals surface area contributed by atoms with Gasteiger partial charge in [-0.05, 0) is 58.5 Å². The summed E-state index contributed by atoms with van der Waals surface area (Å²) in [6.45, 7) is 3.44. The molecule has 0 saturated carbocycles. The van der Waals surface area contributed by atoms with Gasteiger partial charge in [0.15, 0.2) is 0 Å². The molecule has 2 N–H and O–H groups in total. The van der Waals surface area contributed by atoms with E-state index in [1.807, 2.05) is 67.6 Å². The summed E-state index contributed by atoms with van der Waals surface area (Å²) in [5, 5.41) is 10.9. The Bertz CT molecular complexity index is 1400. The molecule has 37 heavy (non-hydrogen) atoms. The van der Waals surface area contributed by atoms with E-state index in [9.17, 15) is 13.5 Å². The first-order valence-electron chi connectivity index (χ1n) is 12.7. The van der Waals surface area contributed by atoms with Crippen molar-refractivity contribution in [2.75, 3.05) is 4.90 Å². The standard InChI is InChI=1S/C31H32N2O3S/c1-2-23-13-17-28(18-14-23)37(35,36)32-31-29-20-27(16-15-26(29)19-30(31)34)33(21-24-9-5-3-6-10-24)22-25-11-7-4-8-12-25/h3-18,20,30-32,34H,2,19,21-22H2,1H3/t30-,31-/m1/s1. The highest BCUT2D eigenvalue weighted by molar-refractivity contribution is 7.89. The van der Waals surface area contributed by atoms with E-state index < -0.39 is 22.2 Å². The number of nitrogens with one attached hydrogen (secondary N) is 1. The van der Waals surface area contributed by atoms with Gasteiger partial charge in [-0.3, -0.25) is 0 Å². The SMILES string of the molecule is CCc1ccc(S(=O)(=O)N[C@@H]2c3cc(N(Cc4ccccc4)Cc4ccccc4)ccc3C[C@H]2O)cc1. The molecule has 0 aliphatic heterocycles. The minimum absolute atomic E-state index is 0.205. The largest absolute Gasteiger partial charge is 0.391 e. The molecular weight excluding hydrogens is 480 g/mol. The summed E-state index contributed by atoms with van der Waals surface area (Å²) in [5.74, 6) is 0. The number of rotatable bonds is 9. The molecular formula is C31H32N2O3S. The van der Waals surface area contributed by atoms with Crippen LogP contribution in [0, 0.1) is 0 Å². The zero-order valence-corrected chi connectivity index (χ0v) is 21.7. The predicted octanol–water partition coefficient (Wildman–Crippen LogP) is 5.39. The average Bonchev–Trinajstić information content (AvgIpc) is 3.23. The van der Waals surface area contributed by atoms with Crippen molar-refractivity contribution in [3.63, 3.8) is 0 Å². The number of benzene rings is 4. The molecule has 1 aliphatic rings. The lowest BCUT2D eigenvalue weighted by molar-refractivity contribution is 0.151. The summed E-state index contributed by atoms with van der Waals surface area (Å²) in [6, 6.07) is 32.9. The third kappa shape index (κ3) is 5.77. The predicted molar refractivity (Wildman–Crippen MR) is 148 cm³/mol. The van der Waals surface area contributed by atoms with Gasteiger partial charge in [0.2, 0.25) is 10.0 Å². The van der Waals surface area contributed by atoms with E-state index in [0.717, 1.165) is 28.8 Å². The average molecular weight is 513 g/mol. The molecule has 0 aromatic heterocycles. The highest BCUT2D eigenvalue weighted by Crippen LogP contribution is 2.36. The van der Waals surface area contributed by atoms with Crippen molar-refractivity contribution in [1.29, 1.82) is 0 Å². The minimum Gasteiger partial charge on any atom is -0.391 e. The van der Waals surface area contributed by atoms with Crippen LogP contribution in [-0.2, 0) is 36.0 Å². The van der Waals surface area contributed by atoms with Crippen molar-refractivity contribution in [2.45, 2.75) is 49.9 Å². The van der Waals surface area contributed by atoms with E-state index in [0.29, 0.717) is 19.5 Å². The number of hydrogen-bond acceptors (Lipinski definition) is 4. The molecule has 190 valence electrons. The fourth-order valence-electron chi connectivity index (χ4n) is 4.93. The lowest BCUT2D eigenvalue weighted by atomic mass is 10.1. The fourth-order valence-corrected chi connectivity index (χ4v) is 6.18. The monoisotopic (exact) mass is 512 g/mol. The summed E-state index contributed by atoms with van der Waals surface area (Å²) < 4.78 is 29.2. The Morgan fingerprint density at radius 2 is 1.41 bits per heavy atom. The summed E-state index contributed by atoms with van der Waals surface area (Å²) in [4.78, 5) is 2.49. The van der Waals surface area contributed by atoms with Gasteiger partial charge < -0.3 is 10.0 Å². The molecule has 6 heteroatoms. The molecule has 5 rings (SSSR count). The van der Waals surface area contributed by atoms with Crippen molar-refractivity contribution in [2.24, 2.45) is 0 Å². The second kappa shape index (κ2) is 10.9. The lowest BCUT2D eigenvalue weighted by Crippen LogP contribution is -2.34. The Kier molecular flexibility index (Phi) is 7.42. The van der Waals surface area contributed by atoms with Crippen molar-refractivity contribution in [3.8, 4) is 0 Å². The molecule has 0 radical (unpaired) electrons. The van der Waals surface area contributed by atoms with Crippen LogP contribution in [0.15, 0.2) is 108 Å². The minimum atomic E-state index is -3.80. The molecule has 0 amide bonds. The van der Waals surface area contributed by atoms with Gasteiger partial charge in [-0.15, -0.1) is 0 Å². The molecule has 0 spiro atoms. The maximum absolute atomic E-state index is 13.2. The maximum atomic E-state index is 13.2. The smallest absolute Gasteiger partial charge is 0.241 e. The maximum Gasteiger partial charge on any atom is 0.241 e. The van der Waals surface area contributed by atoms with Crippen LogP contribution in [-0.4, -0.2) is 19.6 Å². The van der Waals surface area contributed by atoms with Crippen molar-refractivity contribution < 1.29 is 13.5 Å². The summed E-state index contributed by atoms with van der Waals surface area (Å²) in [6.07, 6.45) is 0.425. The second-order valence-corrected chi connectivity index (χ2v) is 11.3. The van der Waals surface area contributed by atoms with Crippen LogP contribution in [0.5, 0.6) is 0 Å². The number of aliphatic hydroxyl groups is 1. The first kappa shape index (κ1) is 25.2. The number of hydrogen-bond donors (Lipinski definition) is 2. The number of fused-ring (bicyclic) bond motifs is 1. The first-order valence-corrected chi connectivity index (χ1v) is 14.2. The molecule has 4 aromatic carbocycles. The van der Waals surface area contributed by atoms with Gasteiger partial charge in [0, 0.05) is 25.2 Å². The Hall–Kier alpha value is -3.45. The summed E-state index contributed by atoms with van der Waals surface area (Å²) in [5.41, 5.74) is 6.22. The first-order chi connectivity index (χ1) is 17.9. The van der Waals surface area contributed by atoms with Crippen LogP contribution in [0.1, 0.15) is 40.8 Å². The number of nitrogens with zero attached hydrogens (tertiary/aromatic N) is 1. The molecule has 0 unspecified atom stereocenters. The third-order valence-electron chi connectivity index (χ3n) is 7.00. The number of sulfonamides is 1.